The van der Waals surface area contributed by atoms with Gasteiger partial charge in [-0.2, -0.15) is 0 Å². The second-order valence-corrected chi connectivity index (χ2v) is 8.08. The van der Waals surface area contributed by atoms with Crippen molar-refractivity contribution in [1.29, 1.82) is 0 Å². The zero-order valence-corrected chi connectivity index (χ0v) is 18.7. The predicted molar refractivity (Wildman–Crippen MR) is 125 cm³/mol. The standard InChI is InChI=1S/C23H26N6O5/c1-12(30)24-13-7-9-14(10-8-13)25-21(32)15-11-18(31)27-20-19(15)22(33)29-23(28-20)26-16-5-3-4-6-17(16)34-2/h3-10,15,19-20,23,26,28H,11H2,1-2H3,(H,24,30)(H,25,32)(H,27,31)(H,29,33). The maximum atomic E-state index is 13.0. The highest BCUT2D eigenvalue weighted by Gasteiger charge is 2.48. The molecule has 0 spiro atoms. The first-order valence-electron chi connectivity index (χ1n) is 10.8. The van der Waals surface area contributed by atoms with Crippen molar-refractivity contribution in [3.63, 3.8) is 0 Å². The van der Waals surface area contributed by atoms with E-state index in [1.165, 1.54) is 6.92 Å². The third kappa shape index (κ3) is 5.09. The van der Waals surface area contributed by atoms with Gasteiger partial charge in [0.2, 0.25) is 23.6 Å². The quantitative estimate of drug-likeness (QED) is 0.368. The second kappa shape index (κ2) is 9.79. The molecule has 4 rings (SSSR count). The van der Waals surface area contributed by atoms with Crippen LogP contribution in [0.25, 0.3) is 0 Å². The van der Waals surface area contributed by atoms with E-state index < -0.39 is 30.2 Å². The first kappa shape index (κ1) is 23.1. The van der Waals surface area contributed by atoms with E-state index in [4.69, 9.17) is 4.74 Å². The van der Waals surface area contributed by atoms with Crippen molar-refractivity contribution in [2.45, 2.75) is 25.8 Å². The van der Waals surface area contributed by atoms with Crippen molar-refractivity contribution in [1.82, 2.24) is 16.0 Å². The number of benzene rings is 2. The highest BCUT2D eigenvalue weighted by atomic mass is 16.5. The number of piperidine rings is 1. The number of ether oxygens (including phenoxy) is 1. The molecule has 34 heavy (non-hydrogen) atoms. The highest BCUT2D eigenvalue weighted by molar-refractivity contribution is 6.00. The predicted octanol–water partition coefficient (Wildman–Crippen LogP) is 0.786. The molecule has 2 aliphatic heterocycles. The van der Waals surface area contributed by atoms with E-state index in [2.05, 4.69) is 31.9 Å². The molecule has 4 amide bonds. The molecule has 2 saturated heterocycles. The Labute approximate surface area is 196 Å². The Morgan fingerprint density at radius 2 is 1.65 bits per heavy atom. The van der Waals surface area contributed by atoms with Crippen molar-refractivity contribution >= 4 is 40.7 Å². The molecule has 2 aromatic carbocycles. The maximum absolute atomic E-state index is 13.0. The van der Waals surface area contributed by atoms with Crippen molar-refractivity contribution < 1.29 is 23.9 Å². The van der Waals surface area contributed by atoms with Crippen molar-refractivity contribution in [3.05, 3.63) is 48.5 Å². The summed E-state index contributed by atoms with van der Waals surface area (Å²) in [6.07, 6.45) is -1.54. The molecule has 178 valence electrons. The zero-order valence-electron chi connectivity index (χ0n) is 18.7. The molecule has 0 aromatic heterocycles. The third-order valence-electron chi connectivity index (χ3n) is 5.67. The van der Waals surface area contributed by atoms with E-state index in [0.29, 0.717) is 22.8 Å². The molecule has 2 aliphatic rings. The Morgan fingerprint density at radius 1 is 0.971 bits per heavy atom. The fraction of sp³-hybridized carbons (Fsp3) is 0.304. The minimum absolute atomic E-state index is 0.114. The molecule has 6 N–H and O–H groups in total. The van der Waals surface area contributed by atoms with E-state index in [1.54, 1.807) is 43.5 Å². The van der Waals surface area contributed by atoms with E-state index >= 15 is 0 Å². The summed E-state index contributed by atoms with van der Waals surface area (Å²) >= 11 is 0. The van der Waals surface area contributed by atoms with Gasteiger partial charge in [-0.1, -0.05) is 12.1 Å². The molecule has 0 aliphatic carbocycles. The SMILES string of the molecule is COc1ccccc1NC1NC(=O)C2C(NC(=O)CC2C(=O)Nc2ccc(NC(C)=O)cc2)N1. The molecule has 0 radical (unpaired) electrons. The fourth-order valence-electron chi connectivity index (χ4n) is 4.15. The monoisotopic (exact) mass is 466 g/mol. The summed E-state index contributed by atoms with van der Waals surface area (Å²) in [4.78, 5) is 49.6. The van der Waals surface area contributed by atoms with Gasteiger partial charge in [0.25, 0.3) is 0 Å². The molecule has 4 unspecified atom stereocenters. The van der Waals surface area contributed by atoms with Crippen LogP contribution in [0.4, 0.5) is 17.1 Å². The number of rotatable bonds is 6. The van der Waals surface area contributed by atoms with Gasteiger partial charge in [-0.05, 0) is 36.4 Å². The van der Waals surface area contributed by atoms with Crippen LogP contribution in [0.15, 0.2) is 48.5 Å². The molecule has 11 nitrogen and oxygen atoms in total. The van der Waals surface area contributed by atoms with Crippen LogP contribution in [0, 0.1) is 11.8 Å². The van der Waals surface area contributed by atoms with Crippen LogP contribution < -0.4 is 36.6 Å². The number of nitrogens with one attached hydrogen (secondary N) is 6. The van der Waals surface area contributed by atoms with Gasteiger partial charge in [0.05, 0.1) is 30.8 Å². The number of carbonyl (C=O) groups is 4. The normalized spacial score (nSPS) is 23.6. The lowest BCUT2D eigenvalue weighted by atomic mass is 9.81. The number of methoxy groups -OCH3 is 1. The maximum Gasteiger partial charge on any atom is 0.229 e. The van der Waals surface area contributed by atoms with Crippen LogP contribution in [-0.2, 0) is 19.2 Å². The van der Waals surface area contributed by atoms with Gasteiger partial charge in [0, 0.05) is 24.7 Å². The minimum atomic E-state index is -0.867. The topological polar surface area (TPSA) is 150 Å². The Hall–Kier alpha value is -4.12. The van der Waals surface area contributed by atoms with Gasteiger partial charge >= 0.3 is 0 Å². The summed E-state index contributed by atoms with van der Waals surface area (Å²) in [6, 6.07) is 13.8. The molecular weight excluding hydrogens is 440 g/mol. The number of amides is 4. The largest absolute Gasteiger partial charge is 0.495 e. The zero-order chi connectivity index (χ0) is 24.2. The summed E-state index contributed by atoms with van der Waals surface area (Å²) in [7, 11) is 1.54. The van der Waals surface area contributed by atoms with Crippen molar-refractivity contribution in [3.8, 4) is 5.75 Å². The van der Waals surface area contributed by atoms with E-state index in [9.17, 15) is 19.2 Å². The van der Waals surface area contributed by atoms with Crippen LogP contribution >= 0.6 is 0 Å². The van der Waals surface area contributed by atoms with Crippen LogP contribution in [0.5, 0.6) is 5.75 Å². The molecule has 2 heterocycles. The van der Waals surface area contributed by atoms with Gasteiger partial charge in [-0.3, -0.25) is 24.5 Å². The summed E-state index contributed by atoms with van der Waals surface area (Å²) in [5, 5.41) is 17.3. The molecule has 4 atom stereocenters. The average molecular weight is 466 g/mol. The molecule has 2 aromatic rings. The number of anilines is 3. The lowest BCUT2D eigenvalue weighted by Gasteiger charge is -2.43. The molecular formula is C23H26N6O5. The summed E-state index contributed by atoms with van der Waals surface area (Å²) in [5.74, 6) is -2.41. The Kier molecular flexibility index (Phi) is 6.64. The first-order chi connectivity index (χ1) is 16.3. The van der Waals surface area contributed by atoms with Gasteiger partial charge in [0.1, 0.15) is 5.75 Å². The van der Waals surface area contributed by atoms with Gasteiger partial charge < -0.3 is 31.3 Å². The van der Waals surface area contributed by atoms with E-state index in [-0.39, 0.29) is 24.1 Å². The molecule has 2 fully saturated rings. The van der Waals surface area contributed by atoms with Gasteiger partial charge in [-0.25, -0.2) is 0 Å². The first-order valence-corrected chi connectivity index (χ1v) is 10.8. The number of hydrogen-bond donors (Lipinski definition) is 6. The summed E-state index contributed by atoms with van der Waals surface area (Å²) < 4.78 is 5.32. The van der Waals surface area contributed by atoms with Crippen molar-refractivity contribution in [2.75, 3.05) is 23.1 Å². The summed E-state index contributed by atoms with van der Waals surface area (Å²) in [5.41, 5.74) is 1.73. The lowest BCUT2D eigenvalue weighted by Crippen LogP contribution is -2.72. The van der Waals surface area contributed by atoms with Gasteiger partial charge in [0.15, 0.2) is 6.29 Å². The fourth-order valence-corrected chi connectivity index (χ4v) is 4.15. The number of carbonyl (C=O) groups excluding carboxylic acids is 4. The van der Waals surface area contributed by atoms with Crippen LogP contribution in [0.3, 0.4) is 0 Å². The Bertz CT molecular complexity index is 1110. The van der Waals surface area contributed by atoms with Crippen LogP contribution in [-0.4, -0.2) is 43.2 Å². The Balaban J connectivity index is 1.45. The smallest absolute Gasteiger partial charge is 0.229 e. The minimum Gasteiger partial charge on any atom is -0.495 e. The Morgan fingerprint density at radius 3 is 2.32 bits per heavy atom. The molecule has 11 heteroatoms. The number of para-hydroxylation sites is 2. The summed E-state index contributed by atoms with van der Waals surface area (Å²) in [6.45, 7) is 1.40. The average Bonchev–Trinajstić information content (AvgIpc) is 2.79. The molecule has 0 saturated carbocycles. The molecule has 0 bridgehead atoms. The highest BCUT2D eigenvalue weighted by Crippen LogP contribution is 2.29. The number of fused-ring (bicyclic) bond motifs is 1. The van der Waals surface area contributed by atoms with E-state index in [1.807, 2.05) is 12.1 Å². The van der Waals surface area contributed by atoms with Crippen LogP contribution in [0.2, 0.25) is 0 Å². The van der Waals surface area contributed by atoms with Crippen LogP contribution in [0.1, 0.15) is 13.3 Å². The lowest BCUT2D eigenvalue weighted by molar-refractivity contribution is -0.144. The second-order valence-electron chi connectivity index (χ2n) is 8.08. The van der Waals surface area contributed by atoms with Crippen molar-refractivity contribution in [2.24, 2.45) is 11.8 Å². The van der Waals surface area contributed by atoms with E-state index in [0.717, 1.165) is 0 Å². The number of hydrogen-bond acceptors (Lipinski definition) is 7. The third-order valence-corrected chi connectivity index (χ3v) is 5.67. The van der Waals surface area contributed by atoms with Gasteiger partial charge in [-0.15, -0.1) is 0 Å².